The molecule has 1 atom stereocenters. The molecule has 0 radical (unpaired) electrons. The summed E-state index contributed by atoms with van der Waals surface area (Å²) < 4.78 is 16.0. The molecule has 0 aliphatic carbocycles. The van der Waals surface area contributed by atoms with Gasteiger partial charge < -0.3 is 24.3 Å². The first-order valence-electron chi connectivity index (χ1n) is 8.78. The summed E-state index contributed by atoms with van der Waals surface area (Å²) in [5, 5.41) is 11.7. The van der Waals surface area contributed by atoms with Crippen LogP contribution in [-0.4, -0.2) is 43.3 Å². The number of hydrogen-bond acceptors (Lipinski definition) is 5. The van der Waals surface area contributed by atoms with Crippen molar-refractivity contribution in [2.45, 2.75) is 6.04 Å². The van der Waals surface area contributed by atoms with Crippen LogP contribution in [0.1, 0.15) is 10.6 Å². The minimum Gasteiger partial charge on any atom is -0.497 e. The van der Waals surface area contributed by atoms with Crippen molar-refractivity contribution in [3.63, 3.8) is 0 Å². The predicted molar refractivity (Wildman–Crippen MR) is 109 cm³/mol. The van der Waals surface area contributed by atoms with E-state index in [2.05, 4.69) is 18.5 Å². The third-order valence-corrected chi connectivity index (χ3v) is 3.96. The molecule has 152 valence electrons. The van der Waals surface area contributed by atoms with Gasteiger partial charge in [-0.1, -0.05) is 31.4 Å². The molecule has 0 bridgehead atoms. The average molecular weight is 397 g/mol. The van der Waals surface area contributed by atoms with Crippen LogP contribution < -0.4 is 10.1 Å². The number of hydrogen-bond donors (Lipinski definition) is 2. The molecule has 0 aliphatic rings. The number of allylic oxidation sites excluding steroid dienone is 2. The number of carboxylic acids is 1. The van der Waals surface area contributed by atoms with Crippen LogP contribution in [0.25, 0.3) is 11.3 Å². The van der Waals surface area contributed by atoms with Crippen molar-refractivity contribution in [3.8, 4) is 17.1 Å². The largest absolute Gasteiger partial charge is 0.497 e. The van der Waals surface area contributed by atoms with Crippen molar-refractivity contribution in [2.75, 3.05) is 20.3 Å². The van der Waals surface area contributed by atoms with Gasteiger partial charge in [0.05, 0.1) is 20.3 Å². The van der Waals surface area contributed by atoms with Gasteiger partial charge in [-0.05, 0) is 42.0 Å². The number of methoxy groups -OCH3 is 1. The zero-order valence-electron chi connectivity index (χ0n) is 16.1. The van der Waals surface area contributed by atoms with Crippen LogP contribution in [0.3, 0.4) is 0 Å². The summed E-state index contributed by atoms with van der Waals surface area (Å²) in [5.74, 6) is -0.684. The molecule has 0 aliphatic heterocycles. The van der Waals surface area contributed by atoms with Crippen LogP contribution in [0, 0.1) is 0 Å². The monoisotopic (exact) mass is 397 g/mol. The van der Waals surface area contributed by atoms with E-state index in [1.54, 1.807) is 55.7 Å². The molecule has 0 spiro atoms. The Morgan fingerprint density at radius 3 is 2.52 bits per heavy atom. The molecule has 0 saturated carbocycles. The summed E-state index contributed by atoms with van der Waals surface area (Å²) in [4.78, 5) is 23.8. The molecular weight excluding hydrogens is 374 g/mol. The van der Waals surface area contributed by atoms with Gasteiger partial charge in [0, 0.05) is 5.56 Å². The maximum absolute atomic E-state index is 12.4. The van der Waals surface area contributed by atoms with E-state index in [-0.39, 0.29) is 19.0 Å². The number of benzene rings is 1. The van der Waals surface area contributed by atoms with Crippen LogP contribution in [0.4, 0.5) is 0 Å². The van der Waals surface area contributed by atoms with E-state index in [4.69, 9.17) is 13.9 Å². The van der Waals surface area contributed by atoms with Gasteiger partial charge in [0.1, 0.15) is 11.5 Å². The Kier molecular flexibility index (Phi) is 8.00. The molecule has 1 aromatic carbocycles. The van der Waals surface area contributed by atoms with Crippen LogP contribution in [0.2, 0.25) is 0 Å². The highest BCUT2D eigenvalue weighted by Crippen LogP contribution is 2.24. The highest BCUT2D eigenvalue weighted by molar-refractivity contribution is 5.94. The first-order chi connectivity index (χ1) is 14.0. The van der Waals surface area contributed by atoms with Gasteiger partial charge in [-0.25, -0.2) is 4.79 Å². The quantitative estimate of drug-likeness (QED) is 0.564. The van der Waals surface area contributed by atoms with Gasteiger partial charge in [-0.3, -0.25) is 4.79 Å². The van der Waals surface area contributed by atoms with Gasteiger partial charge in [-0.15, -0.1) is 0 Å². The van der Waals surface area contributed by atoms with Crippen LogP contribution in [0.15, 0.2) is 77.8 Å². The summed E-state index contributed by atoms with van der Waals surface area (Å²) in [7, 11) is 1.57. The van der Waals surface area contributed by atoms with Gasteiger partial charge in [0.25, 0.3) is 5.91 Å². The number of aliphatic carboxylic acids is 1. The summed E-state index contributed by atoms with van der Waals surface area (Å²) in [5.41, 5.74) is 1.50. The first kappa shape index (κ1) is 21.7. The second kappa shape index (κ2) is 10.7. The smallest absolute Gasteiger partial charge is 0.328 e. The maximum atomic E-state index is 12.4. The average Bonchev–Trinajstić information content (AvgIpc) is 3.22. The van der Waals surface area contributed by atoms with Gasteiger partial charge >= 0.3 is 5.97 Å². The third kappa shape index (κ3) is 6.22. The standard InChI is InChI=1S/C22H23NO6/c1-4-6-15(5-2)13-28-14-18(22(25)26)23-21(24)20-12-11-19(29-20)16-7-9-17(27-3)10-8-16/h4-12,18H,1-2,13-14H2,3H3,(H,23,24)(H,25,26)/b15-6+. The van der Waals surface area contributed by atoms with Crippen molar-refractivity contribution >= 4 is 11.9 Å². The van der Waals surface area contributed by atoms with Crippen molar-refractivity contribution in [1.29, 1.82) is 0 Å². The number of amides is 1. The number of rotatable bonds is 11. The molecule has 1 aromatic heterocycles. The Morgan fingerprint density at radius 2 is 1.93 bits per heavy atom. The molecule has 1 unspecified atom stereocenters. The summed E-state index contributed by atoms with van der Waals surface area (Å²) in [6, 6.07) is 9.02. The molecule has 29 heavy (non-hydrogen) atoms. The predicted octanol–water partition coefficient (Wildman–Crippen LogP) is 3.45. The van der Waals surface area contributed by atoms with Crippen molar-refractivity contribution in [2.24, 2.45) is 0 Å². The van der Waals surface area contributed by atoms with E-state index in [0.717, 1.165) is 11.1 Å². The Balaban J connectivity index is 2.00. The van der Waals surface area contributed by atoms with E-state index in [9.17, 15) is 14.7 Å². The lowest BCUT2D eigenvalue weighted by atomic mass is 10.2. The van der Waals surface area contributed by atoms with Gasteiger partial charge in [0.15, 0.2) is 11.8 Å². The van der Waals surface area contributed by atoms with E-state index < -0.39 is 17.9 Å². The number of nitrogens with one attached hydrogen (secondary N) is 1. The molecule has 1 amide bonds. The molecule has 0 saturated heterocycles. The number of carbonyl (C=O) groups excluding carboxylic acids is 1. The highest BCUT2D eigenvalue weighted by atomic mass is 16.5. The minimum absolute atomic E-state index is 0.000372. The number of furan rings is 1. The minimum atomic E-state index is -1.23. The summed E-state index contributed by atoms with van der Waals surface area (Å²) in [6.07, 6.45) is 4.86. The maximum Gasteiger partial charge on any atom is 0.328 e. The third-order valence-electron chi connectivity index (χ3n) is 3.96. The Hall–Kier alpha value is -3.58. The SMILES string of the molecule is C=C/C=C(\C=C)COCC(NC(=O)c1ccc(-c2ccc(OC)cc2)o1)C(=O)O. The van der Waals surface area contributed by atoms with Gasteiger partial charge in [-0.2, -0.15) is 0 Å². The van der Waals surface area contributed by atoms with E-state index in [1.165, 1.54) is 6.07 Å². The number of carboxylic acid groups (broad SMARTS) is 1. The van der Waals surface area contributed by atoms with Gasteiger partial charge in [0.2, 0.25) is 0 Å². The molecule has 7 heteroatoms. The fraction of sp³-hybridized carbons (Fsp3) is 0.182. The van der Waals surface area contributed by atoms with Crippen LogP contribution in [-0.2, 0) is 9.53 Å². The second-order valence-electron chi connectivity index (χ2n) is 5.95. The van der Waals surface area contributed by atoms with Crippen LogP contribution in [0.5, 0.6) is 5.75 Å². The first-order valence-corrected chi connectivity index (χ1v) is 8.78. The molecule has 7 nitrogen and oxygen atoms in total. The Morgan fingerprint density at radius 1 is 1.21 bits per heavy atom. The molecule has 2 N–H and O–H groups in total. The van der Waals surface area contributed by atoms with E-state index in [1.807, 2.05) is 0 Å². The van der Waals surface area contributed by atoms with Crippen molar-refractivity contribution < 1.29 is 28.6 Å². The fourth-order valence-electron chi connectivity index (χ4n) is 2.40. The molecule has 0 fully saturated rings. The number of carbonyl (C=O) groups is 2. The van der Waals surface area contributed by atoms with E-state index >= 15 is 0 Å². The molecule has 1 heterocycles. The lowest BCUT2D eigenvalue weighted by molar-refractivity contribution is -0.140. The Bertz CT molecular complexity index is 894. The molecular formula is C22H23NO6. The zero-order valence-corrected chi connectivity index (χ0v) is 16.1. The summed E-state index contributed by atoms with van der Waals surface area (Å²) >= 11 is 0. The summed E-state index contributed by atoms with van der Waals surface area (Å²) in [6.45, 7) is 7.15. The second-order valence-corrected chi connectivity index (χ2v) is 5.95. The lowest BCUT2D eigenvalue weighted by Gasteiger charge is -2.14. The van der Waals surface area contributed by atoms with Crippen molar-refractivity contribution in [1.82, 2.24) is 5.32 Å². The van der Waals surface area contributed by atoms with E-state index in [0.29, 0.717) is 11.5 Å². The van der Waals surface area contributed by atoms with Crippen molar-refractivity contribution in [3.05, 3.63) is 79.1 Å². The van der Waals surface area contributed by atoms with Crippen LogP contribution >= 0.6 is 0 Å². The zero-order chi connectivity index (χ0) is 21.2. The normalized spacial score (nSPS) is 12.1. The fourth-order valence-corrected chi connectivity index (χ4v) is 2.40. The topological polar surface area (TPSA) is 98.0 Å². The number of ether oxygens (including phenoxy) is 2. The Labute approximate surface area is 168 Å². The lowest BCUT2D eigenvalue weighted by Crippen LogP contribution is -2.44. The molecule has 2 aromatic rings. The molecule has 2 rings (SSSR count). The highest BCUT2D eigenvalue weighted by Gasteiger charge is 2.23.